The number of aromatic nitrogens is 2. The third-order valence-electron chi connectivity index (χ3n) is 3.38. The summed E-state index contributed by atoms with van der Waals surface area (Å²) in [5, 5.41) is 9.41. The molecule has 1 aromatic heterocycles. The van der Waals surface area contributed by atoms with E-state index in [1.807, 2.05) is 11.7 Å². The van der Waals surface area contributed by atoms with E-state index in [1.165, 1.54) is 23.7 Å². The molecule has 0 saturated carbocycles. The molecule has 1 aromatic carbocycles. The first-order chi connectivity index (χ1) is 8.26. The fourth-order valence-electron chi connectivity index (χ4n) is 2.24. The van der Waals surface area contributed by atoms with Crippen molar-refractivity contribution < 1.29 is 0 Å². The van der Waals surface area contributed by atoms with Crippen LogP contribution in [0.4, 0.5) is 0 Å². The Labute approximate surface area is 103 Å². The summed E-state index contributed by atoms with van der Waals surface area (Å²) in [5.41, 5.74) is 2.35. The molecule has 0 spiro atoms. The molecular formula is C14H21N3. The van der Waals surface area contributed by atoms with Gasteiger partial charge >= 0.3 is 0 Å². The lowest BCUT2D eigenvalue weighted by atomic mass is 10.1. The molecule has 0 aliphatic carbocycles. The molecule has 2 rings (SSSR count). The maximum atomic E-state index is 4.58. The monoisotopic (exact) mass is 231 g/mol. The molecule has 0 aliphatic rings. The number of nitrogens with zero attached hydrogens (tertiary/aromatic N) is 2. The number of hydrogen-bond donors (Lipinski definition) is 1. The summed E-state index contributed by atoms with van der Waals surface area (Å²) in [6.45, 7) is 5.29. The van der Waals surface area contributed by atoms with E-state index < -0.39 is 0 Å². The molecule has 3 heteroatoms. The molecule has 17 heavy (non-hydrogen) atoms. The maximum absolute atomic E-state index is 4.58. The summed E-state index contributed by atoms with van der Waals surface area (Å²) in [4.78, 5) is 0. The largest absolute Gasteiger partial charge is 0.308 e. The first kappa shape index (κ1) is 12.1. The van der Waals surface area contributed by atoms with Crippen LogP contribution in [0.15, 0.2) is 24.3 Å². The highest BCUT2D eigenvalue weighted by molar-refractivity contribution is 5.81. The van der Waals surface area contributed by atoms with Gasteiger partial charge in [-0.15, -0.1) is 0 Å². The summed E-state index contributed by atoms with van der Waals surface area (Å²) in [5.74, 6) is 0. The van der Waals surface area contributed by atoms with Gasteiger partial charge in [0.1, 0.15) is 0 Å². The molecule has 0 aliphatic heterocycles. The Morgan fingerprint density at radius 2 is 1.94 bits per heavy atom. The van der Waals surface area contributed by atoms with Crippen molar-refractivity contribution in [1.29, 1.82) is 0 Å². The zero-order valence-corrected chi connectivity index (χ0v) is 10.9. The van der Waals surface area contributed by atoms with Crippen LogP contribution in [-0.4, -0.2) is 15.8 Å². The molecule has 0 fully saturated rings. The van der Waals surface area contributed by atoms with Crippen LogP contribution in [0.25, 0.3) is 10.9 Å². The van der Waals surface area contributed by atoms with Crippen LogP contribution in [0.5, 0.6) is 0 Å². The van der Waals surface area contributed by atoms with Crippen LogP contribution in [0.1, 0.15) is 32.4 Å². The minimum atomic E-state index is 0.593. The van der Waals surface area contributed by atoms with Gasteiger partial charge in [0.05, 0.1) is 11.2 Å². The van der Waals surface area contributed by atoms with E-state index in [0.29, 0.717) is 6.04 Å². The Kier molecular flexibility index (Phi) is 3.79. The summed E-state index contributed by atoms with van der Waals surface area (Å²) < 4.78 is 1.96. The molecule has 2 aromatic rings. The Morgan fingerprint density at radius 3 is 2.65 bits per heavy atom. The highest BCUT2D eigenvalue weighted by atomic mass is 15.3. The van der Waals surface area contributed by atoms with Gasteiger partial charge in [-0.2, -0.15) is 5.10 Å². The predicted molar refractivity (Wildman–Crippen MR) is 71.9 cm³/mol. The molecule has 0 amide bonds. The Hall–Kier alpha value is -1.35. The highest BCUT2D eigenvalue weighted by Crippen LogP contribution is 2.17. The van der Waals surface area contributed by atoms with Gasteiger partial charge in [0.15, 0.2) is 0 Å². The molecule has 3 nitrogen and oxygen atoms in total. The van der Waals surface area contributed by atoms with E-state index in [-0.39, 0.29) is 0 Å². The Morgan fingerprint density at radius 1 is 1.24 bits per heavy atom. The van der Waals surface area contributed by atoms with E-state index in [1.54, 1.807) is 0 Å². The Bertz CT molecular complexity index is 483. The standard InChI is InChI=1S/C14H21N3/c1-4-11(5-2)15-10-13-12-8-6-7-9-14(12)17(3)16-13/h6-9,11,15H,4-5,10H2,1-3H3. The van der Waals surface area contributed by atoms with Gasteiger partial charge in [0.2, 0.25) is 0 Å². The minimum absolute atomic E-state index is 0.593. The third kappa shape index (κ3) is 2.50. The number of aryl methyl sites for hydroxylation is 1. The fraction of sp³-hybridized carbons (Fsp3) is 0.500. The third-order valence-corrected chi connectivity index (χ3v) is 3.38. The number of hydrogen-bond acceptors (Lipinski definition) is 2. The normalized spacial score (nSPS) is 11.5. The van der Waals surface area contributed by atoms with E-state index in [4.69, 9.17) is 0 Å². The van der Waals surface area contributed by atoms with Crippen LogP contribution in [0.2, 0.25) is 0 Å². The number of para-hydroxylation sites is 1. The molecule has 1 N–H and O–H groups in total. The zero-order chi connectivity index (χ0) is 12.3. The van der Waals surface area contributed by atoms with Crippen molar-refractivity contribution in [3.63, 3.8) is 0 Å². The van der Waals surface area contributed by atoms with Crippen LogP contribution in [0.3, 0.4) is 0 Å². The van der Waals surface area contributed by atoms with Crippen LogP contribution < -0.4 is 5.32 Å². The average molecular weight is 231 g/mol. The summed E-state index contributed by atoms with van der Waals surface area (Å²) >= 11 is 0. The van der Waals surface area contributed by atoms with Gasteiger partial charge in [-0.1, -0.05) is 32.0 Å². The lowest BCUT2D eigenvalue weighted by molar-refractivity contribution is 0.479. The van der Waals surface area contributed by atoms with Gasteiger partial charge in [-0.3, -0.25) is 4.68 Å². The lowest BCUT2D eigenvalue weighted by Crippen LogP contribution is -2.27. The van der Waals surface area contributed by atoms with E-state index in [0.717, 1.165) is 12.2 Å². The molecule has 0 radical (unpaired) electrons. The molecule has 1 heterocycles. The van der Waals surface area contributed by atoms with Crippen LogP contribution in [0, 0.1) is 0 Å². The van der Waals surface area contributed by atoms with Crippen molar-refractivity contribution in [3.8, 4) is 0 Å². The second-order valence-corrected chi connectivity index (χ2v) is 4.48. The van der Waals surface area contributed by atoms with Crippen molar-refractivity contribution in [2.24, 2.45) is 7.05 Å². The van der Waals surface area contributed by atoms with Gasteiger partial charge < -0.3 is 5.32 Å². The second kappa shape index (κ2) is 5.32. The SMILES string of the molecule is CCC(CC)NCc1nn(C)c2ccccc12. The maximum Gasteiger partial charge on any atom is 0.0841 e. The van der Waals surface area contributed by atoms with Gasteiger partial charge in [0.25, 0.3) is 0 Å². The summed E-state index contributed by atoms with van der Waals surface area (Å²) in [6, 6.07) is 8.98. The number of fused-ring (bicyclic) bond motifs is 1. The number of nitrogens with one attached hydrogen (secondary N) is 1. The molecule has 0 bridgehead atoms. The van der Waals surface area contributed by atoms with Crippen LogP contribution in [-0.2, 0) is 13.6 Å². The number of benzene rings is 1. The summed E-state index contributed by atoms with van der Waals surface area (Å²) in [7, 11) is 2.00. The molecular weight excluding hydrogens is 210 g/mol. The second-order valence-electron chi connectivity index (χ2n) is 4.48. The average Bonchev–Trinajstić information content (AvgIpc) is 2.69. The smallest absolute Gasteiger partial charge is 0.0841 e. The molecule has 0 atom stereocenters. The van der Waals surface area contributed by atoms with Crippen molar-refractivity contribution in [2.45, 2.75) is 39.3 Å². The van der Waals surface area contributed by atoms with E-state index in [9.17, 15) is 0 Å². The van der Waals surface area contributed by atoms with Gasteiger partial charge in [0, 0.05) is 25.0 Å². The zero-order valence-electron chi connectivity index (χ0n) is 10.9. The number of rotatable bonds is 5. The topological polar surface area (TPSA) is 29.9 Å². The van der Waals surface area contributed by atoms with Gasteiger partial charge in [-0.05, 0) is 18.9 Å². The first-order valence-electron chi connectivity index (χ1n) is 6.40. The van der Waals surface area contributed by atoms with E-state index >= 15 is 0 Å². The van der Waals surface area contributed by atoms with Crippen molar-refractivity contribution in [2.75, 3.05) is 0 Å². The first-order valence-corrected chi connectivity index (χ1v) is 6.40. The van der Waals surface area contributed by atoms with Crippen molar-refractivity contribution in [1.82, 2.24) is 15.1 Å². The fourth-order valence-corrected chi connectivity index (χ4v) is 2.24. The van der Waals surface area contributed by atoms with Crippen molar-refractivity contribution >= 4 is 10.9 Å². The van der Waals surface area contributed by atoms with Gasteiger partial charge in [-0.25, -0.2) is 0 Å². The highest BCUT2D eigenvalue weighted by Gasteiger charge is 2.09. The molecule has 0 unspecified atom stereocenters. The Balaban J connectivity index is 2.19. The lowest BCUT2D eigenvalue weighted by Gasteiger charge is -2.13. The van der Waals surface area contributed by atoms with Crippen molar-refractivity contribution in [3.05, 3.63) is 30.0 Å². The van der Waals surface area contributed by atoms with Crippen LogP contribution >= 0.6 is 0 Å². The predicted octanol–water partition coefficient (Wildman–Crippen LogP) is 2.85. The minimum Gasteiger partial charge on any atom is -0.308 e. The molecule has 92 valence electrons. The van der Waals surface area contributed by atoms with E-state index in [2.05, 4.69) is 48.5 Å². The summed E-state index contributed by atoms with van der Waals surface area (Å²) in [6.07, 6.45) is 2.34. The molecule has 0 saturated heterocycles. The quantitative estimate of drug-likeness (QED) is 0.857.